The van der Waals surface area contributed by atoms with Gasteiger partial charge < -0.3 is 15.1 Å². The number of anilines is 2. The number of imidazole rings is 1. The molecule has 4 aromatic rings. The fourth-order valence-electron chi connectivity index (χ4n) is 8.50. The summed E-state index contributed by atoms with van der Waals surface area (Å²) in [6.07, 6.45) is -5.09. The van der Waals surface area contributed by atoms with E-state index in [9.17, 15) is 49.1 Å². The number of hydrogen-bond acceptors (Lipinski definition) is 10. The van der Waals surface area contributed by atoms with Crippen molar-refractivity contribution in [2.75, 3.05) is 56.5 Å². The number of sulfonamides is 1. The van der Waals surface area contributed by atoms with E-state index in [-0.39, 0.29) is 85.4 Å². The Kier molecular flexibility index (Phi) is 12.1. The minimum absolute atomic E-state index is 0.0197. The first-order valence-corrected chi connectivity index (χ1v) is 21.1. The molecule has 60 heavy (non-hydrogen) atoms. The van der Waals surface area contributed by atoms with Crippen molar-refractivity contribution in [3.8, 4) is 0 Å². The Morgan fingerprint density at radius 3 is 2.22 bits per heavy atom. The summed E-state index contributed by atoms with van der Waals surface area (Å²) in [5.41, 5.74) is -0.207. The maximum atomic E-state index is 14.2. The molecule has 324 valence electrons. The Balaban J connectivity index is 0.957. The van der Waals surface area contributed by atoms with Crippen molar-refractivity contribution < 1.29 is 44.3 Å². The minimum Gasteiger partial charge on any atom is -0.374 e. The highest BCUT2D eigenvalue weighted by Gasteiger charge is 2.38. The van der Waals surface area contributed by atoms with Gasteiger partial charge in [0.2, 0.25) is 27.8 Å². The molecule has 5 heterocycles. The third-order valence-electron chi connectivity index (χ3n) is 11.7. The first kappa shape index (κ1) is 43.1. The highest BCUT2D eigenvalue weighted by atomic mass is 32.2. The lowest BCUT2D eigenvalue weighted by molar-refractivity contribution is -0.138. The molecule has 1 atom stereocenters. The number of fused-ring (bicyclic) bond motifs is 1. The molecule has 14 nitrogen and oxygen atoms in total. The van der Waals surface area contributed by atoms with Crippen LogP contribution >= 0.6 is 0 Å². The summed E-state index contributed by atoms with van der Waals surface area (Å²) in [7, 11) is -1.02. The van der Waals surface area contributed by atoms with Crippen LogP contribution in [0, 0.1) is 0 Å². The van der Waals surface area contributed by atoms with Crippen molar-refractivity contribution in [1.29, 1.82) is 0 Å². The predicted molar refractivity (Wildman–Crippen MR) is 209 cm³/mol. The Hall–Kier alpha value is -5.02. The molecule has 3 fully saturated rings. The highest BCUT2D eigenvalue weighted by Crippen LogP contribution is 2.39. The smallest absolute Gasteiger partial charge is 0.374 e. The minimum atomic E-state index is -4.74. The van der Waals surface area contributed by atoms with Crippen LogP contribution < -0.4 is 21.2 Å². The van der Waals surface area contributed by atoms with E-state index in [1.165, 1.54) is 20.8 Å². The zero-order valence-electron chi connectivity index (χ0n) is 32.9. The maximum Gasteiger partial charge on any atom is 0.419 e. The standard InChI is InChI=1S/C39H45F6N9O5S/c1-50(15-4-16-52-17-11-24(12-18-52)28-5-3-6-30-34(28)51(2)37(57)54(30)31-9-10-33(55)49-35(31)56)32-21-27(7-8-29(32)39(43,44)45)60(58,59)53-19-13-26(14-20-53)48-36-46-22-25(23-47-36)38(40,41)42/h3,5-8,21-24,26,31H,4,9-20H2,1-2H3,(H,46,47,48)(H,49,55,56). The van der Waals surface area contributed by atoms with Crippen LogP contribution in [0.3, 0.4) is 0 Å². The normalized spacial score (nSPS) is 19.5. The molecule has 21 heteroatoms. The van der Waals surface area contributed by atoms with E-state index < -0.39 is 45.5 Å². The Morgan fingerprint density at radius 1 is 0.900 bits per heavy atom. The molecule has 0 saturated carbocycles. The van der Waals surface area contributed by atoms with Crippen molar-refractivity contribution in [1.82, 2.24) is 33.6 Å². The molecule has 2 amide bonds. The van der Waals surface area contributed by atoms with Crippen LogP contribution in [0.5, 0.6) is 0 Å². The van der Waals surface area contributed by atoms with Crippen molar-refractivity contribution >= 4 is 44.5 Å². The third-order valence-corrected chi connectivity index (χ3v) is 13.6. The molecule has 0 radical (unpaired) electrons. The number of aryl methyl sites for hydroxylation is 1. The number of hydrogen-bond donors (Lipinski definition) is 2. The number of rotatable bonds is 11. The van der Waals surface area contributed by atoms with E-state index in [2.05, 4.69) is 25.5 Å². The monoisotopic (exact) mass is 865 g/mol. The van der Waals surface area contributed by atoms with Gasteiger partial charge in [0, 0.05) is 58.6 Å². The van der Waals surface area contributed by atoms with Crippen LogP contribution in [-0.4, -0.2) is 101 Å². The largest absolute Gasteiger partial charge is 0.419 e. The van der Waals surface area contributed by atoms with Gasteiger partial charge in [-0.1, -0.05) is 12.1 Å². The average molecular weight is 866 g/mol. The van der Waals surface area contributed by atoms with E-state index in [0.29, 0.717) is 44.0 Å². The van der Waals surface area contributed by atoms with Crippen LogP contribution in [0.25, 0.3) is 11.0 Å². The molecule has 3 aliphatic rings. The number of amides is 2. The van der Waals surface area contributed by atoms with Gasteiger partial charge in [0.25, 0.3) is 0 Å². The number of benzene rings is 2. The van der Waals surface area contributed by atoms with Gasteiger partial charge >= 0.3 is 18.0 Å². The van der Waals surface area contributed by atoms with E-state index in [0.717, 1.165) is 42.1 Å². The molecule has 3 aliphatic heterocycles. The number of nitrogens with one attached hydrogen (secondary N) is 2. The number of nitrogens with zero attached hydrogens (tertiary/aromatic N) is 7. The van der Waals surface area contributed by atoms with E-state index in [4.69, 9.17) is 0 Å². The second-order valence-electron chi connectivity index (χ2n) is 15.6. The number of imide groups is 1. The first-order valence-electron chi connectivity index (χ1n) is 19.7. The number of carbonyl (C=O) groups excluding carboxylic acids is 2. The number of halogens is 6. The van der Waals surface area contributed by atoms with Crippen LogP contribution in [0.2, 0.25) is 0 Å². The van der Waals surface area contributed by atoms with Crippen LogP contribution in [-0.2, 0) is 39.0 Å². The molecular weight excluding hydrogens is 821 g/mol. The number of aromatic nitrogens is 4. The van der Waals surface area contributed by atoms with Crippen molar-refractivity contribution in [2.45, 2.75) is 80.2 Å². The van der Waals surface area contributed by atoms with E-state index in [1.54, 1.807) is 17.7 Å². The third kappa shape index (κ3) is 8.88. The summed E-state index contributed by atoms with van der Waals surface area (Å²) in [5, 5.41) is 5.25. The molecule has 2 aromatic heterocycles. The van der Waals surface area contributed by atoms with Gasteiger partial charge in [-0.05, 0) is 93.9 Å². The summed E-state index contributed by atoms with van der Waals surface area (Å²) in [6, 6.07) is 7.34. The van der Waals surface area contributed by atoms with Crippen LogP contribution in [0.15, 0.2) is 58.5 Å². The number of alkyl halides is 6. The second kappa shape index (κ2) is 16.8. The molecular formula is C39H45F6N9O5S. The highest BCUT2D eigenvalue weighted by molar-refractivity contribution is 7.89. The Labute approximate surface area is 341 Å². The quantitative estimate of drug-likeness (QED) is 0.154. The van der Waals surface area contributed by atoms with E-state index >= 15 is 0 Å². The molecule has 0 aliphatic carbocycles. The van der Waals surface area contributed by atoms with Crippen molar-refractivity contribution in [2.24, 2.45) is 7.05 Å². The lowest BCUT2D eigenvalue weighted by Crippen LogP contribution is -2.44. The molecule has 0 spiro atoms. The predicted octanol–water partition coefficient (Wildman–Crippen LogP) is 5.12. The van der Waals surface area contributed by atoms with Gasteiger partial charge in [-0.25, -0.2) is 23.2 Å². The Bertz CT molecular complexity index is 2400. The maximum absolute atomic E-state index is 14.2. The van der Waals surface area contributed by atoms with Gasteiger partial charge in [0.05, 0.1) is 32.7 Å². The number of para-hydroxylation sites is 1. The number of carbonyl (C=O) groups is 2. The summed E-state index contributed by atoms with van der Waals surface area (Å²) in [5.74, 6) is -0.785. The molecule has 3 saturated heterocycles. The van der Waals surface area contributed by atoms with Gasteiger partial charge in [-0.2, -0.15) is 30.6 Å². The van der Waals surface area contributed by atoms with Gasteiger partial charge in [0.15, 0.2) is 0 Å². The zero-order valence-corrected chi connectivity index (χ0v) is 33.7. The molecule has 7 rings (SSSR count). The summed E-state index contributed by atoms with van der Waals surface area (Å²) >= 11 is 0. The van der Waals surface area contributed by atoms with Gasteiger partial charge in [-0.3, -0.25) is 24.0 Å². The average Bonchev–Trinajstić information content (AvgIpc) is 3.46. The van der Waals surface area contributed by atoms with Gasteiger partial charge in [-0.15, -0.1) is 0 Å². The molecule has 2 N–H and O–H groups in total. The van der Waals surface area contributed by atoms with Crippen molar-refractivity contribution in [3.63, 3.8) is 0 Å². The van der Waals surface area contributed by atoms with Gasteiger partial charge in [0.1, 0.15) is 6.04 Å². The van der Waals surface area contributed by atoms with Crippen molar-refractivity contribution in [3.05, 3.63) is 76.0 Å². The second-order valence-corrected chi connectivity index (χ2v) is 17.5. The van der Waals surface area contributed by atoms with Crippen LogP contribution in [0.4, 0.5) is 38.0 Å². The SMILES string of the molecule is CN(CCCN1CCC(c2cccc3c2n(C)c(=O)n3C2CCC(=O)NC2=O)CC1)c1cc(S(=O)(=O)N2CCC(Nc3ncc(C(F)(F)F)cn3)CC2)ccc1C(F)(F)F. The van der Waals surface area contributed by atoms with Crippen LogP contribution in [0.1, 0.15) is 73.6 Å². The zero-order chi connectivity index (χ0) is 43.1. The summed E-state index contributed by atoms with van der Waals surface area (Å²) < 4.78 is 113. The fourth-order valence-corrected chi connectivity index (χ4v) is 9.99. The Morgan fingerprint density at radius 2 is 1.58 bits per heavy atom. The lowest BCUT2D eigenvalue weighted by atomic mass is 9.88. The van der Waals surface area contributed by atoms with E-state index in [1.807, 2.05) is 12.1 Å². The lowest BCUT2D eigenvalue weighted by Gasteiger charge is -2.33. The molecule has 0 bridgehead atoms. The number of likely N-dealkylation sites (tertiary alicyclic amines) is 1. The number of piperidine rings is 3. The molecule has 1 unspecified atom stereocenters. The summed E-state index contributed by atoms with van der Waals surface area (Å²) in [4.78, 5) is 48.6. The topological polar surface area (TPSA) is 155 Å². The first-order chi connectivity index (χ1) is 28.3. The fraction of sp³-hybridized carbons (Fsp3) is 0.513. The molecule has 2 aromatic carbocycles. The summed E-state index contributed by atoms with van der Waals surface area (Å²) in [6.45, 7) is 2.25.